The fourth-order valence-corrected chi connectivity index (χ4v) is 4.49. The van der Waals surface area contributed by atoms with Crippen LogP contribution in [0.15, 0.2) is 34.7 Å². The quantitative estimate of drug-likeness (QED) is 0.811. The highest BCUT2D eigenvalue weighted by Crippen LogP contribution is 2.22. The van der Waals surface area contributed by atoms with E-state index in [-0.39, 0.29) is 18.1 Å². The Morgan fingerprint density at radius 1 is 1.24 bits per heavy atom. The van der Waals surface area contributed by atoms with Gasteiger partial charge >= 0.3 is 0 Å². The average molecular weight is 414 g/mol. The Morgan fingerprint density at radius 2 is 1.97 bits per heavy atom. The summed E-state index contributed by atoms with van der Waals surface area (Å²) in [4.78, 5) is 19.5. The summed E-state index contributed by atoms with van der Waals surface area (Å²) in [6.45, 7) is 9.68. The second-order valence-electron chi connectivity index (χ2n) is 7.80. The monoisotopic (exact) mass is 413 g/mol. The van der Waals surface area contributed by atoms with Crippen LogP contribution in [0.3, 0.4) is 0 Å². The first-order valence-electron chi connectivity index (χ1n) is 10.0. The van der Waals surface area contributed by atoms with Crippen LogP contribution in [0.25, 0.3) is 0 Å². The van der Waals surface area contributed by atoms with Gasteiger partial charge in [0.15, 0.2) is 5.13 Å². The topological polar surface area (TPSA) is 70.1 Å². The fraction of sp³-hybridized carbons (Fsp3) is 0.476. The second kappa shape index (κ2) is 8.61. The third kappa shape index (κ3) is 5.01. The molecule has 0 bridgehead atoms. The molecule has 1 saturated heterocycles. The second-order valence-corrected chi connectivity index (χ2v) is 8.66. The van der Waals surface area contributed by atoms with Gasteiger partial charge in [-0.3, -0.25) is 20.0 Å². The Labute approximate surface area is 175 Å². The lowest BCUT2D eigenvalue weighted by Gasteiger charge is -2.34. The van der Waals surface area contributed by atoms with E-state index in [9.17, 15) is 4.79 Å². The van der Waals surface area contributed by atoms with Crippen LogP contribution in [0, 0.1) is 0 Å². The van der Waals surface area contributed by atoms with E-state index in [0.717, 1.165) is 49.7 Å². The predicted octanol–water partition coefficient (Wildman–Crippen LogP) is 3.59. The minimum Gasteiger partial charge on any atom is -0.373 e. The smallest absolute Gasteiger partial charge is 0.257 e. The van der Waals surface area contributed by atoms with Crippen molar-refractivity contribution in [3.63, 3.8) is 0 Å². The summed E-state index contributed by atoms with van der Waals surface area (Å²) < 4.78 is 5.78. The summed E-state index contributed by atoms with van der Waals surface area (Å²) in [6, 6.07) is 7.54. The van der Waals surface area contributed by atoms with Gasteiger partial charge in [-0.05, 0) is 45.0 Å². The molecule has 29 heavy (non-hydrogen) atoms. The van der Waals surface area contributed by atoms with Gasteiger partial charge in [-0.2, -0.15) is 5.10 Å². The number of carbonyl (C=O) groups excluding carboxylic acids is 1. The molecule has 0 radical (unpaired) electrons. The van der Waals surface area contributed by atoms with Crippen LogP contribution in [0.5, 0.6) is 0 Å². The van der Waals surface area contributed by atoms with E-state index in [1.54, 1.807) is 0 Å². The summed E-state index contributed by atoms with van der Waals surface area (Å²) >= 11 is 1.46. The number of ether oxygens (including phenoxy) is 1. The molecule has 2 atom stereocenters. The number of hydrazone groups is 1. The number of amides is 1. The Bertz CT molecular complexity index is 885. The fourth-order valence-electron chi connectivity index (χ4n) is 3.79. The van der Waals surface area contributed by atoms with Crippen molar-refractivity contribution in [2.45, 2.75) is 45.9 Å². The minimum atomic E-state index is -0.146. The van der Waals surface area contributed by atoms with Crippen LogP contribution in [-0.2, 0) is 11.3 Å². The number of carbonyl (C=O) groups is 1. The number of morpholine rings is 1. The molecule has 0 saturated carbocycles. The molecular weight excluding hydrogens is 386 g/mol. The van der Waals surface area contributed by atoms with Crippen LogP contribution in [0.4, 0.5) is 10.8 Å². The van der Waals surface area contributed by atoms with E-state index in [2.05, 4.69) is 34.1 Å². The summed E-state index contributed by atoms with van der Waals surface area (Å²) in [6.07, 6.45) is 1.45. The summed E-state index contributed by atoms with van der Waals surface area (Å²) in [5.74, 6) is -0.146. The first-order valence-corrected chi connectivity index (χ1v) is 10.9. The maximum atomic E-state index is 12.6. The number of anilines is 2. The Morgan fingerprint density at radius 3 is 2.62 bits per heavy atom. The van der Waals surface area contributed by atoms with E-state index in [1.807, 2.05) is 41.6 Å². The van der Waals surface area contributed by atoms with Gasteiger partial charge in [0.2, 0.25) is 0 Å². The van der Waals surface area contributed by atoms with Gasteiger partial charge in [-0.15, -0.1) is 11.3 Å². The number of rotatable bonds is 5. The molecule has 7 nitrogen and oxygen atoms in total. The molecular formula is C21H27N5O2S. The third-order valence-electron chi connectivity index (χ3n) is 5.06. The predicted molar refractivity (Wildman–Crippen MR) is 117 cm³/mol. The lowest BCUT2D eigenvalue weighted by Crippen LogP contribution is -2.44. The van der Waals surface area contributed by atoms with Crippen LogP contribution in [0.1, 0.15) is 43.2 Å². The van der Waals surface area contributed by atoms with E-state index >= 15 is 0 Å². The zero-order valence-corrected chi connectivity index (χ0v) is 17.9. The first kappa shape index (κ1) is 20.0. The summed E-state index contributed by atoms with van der Waals surface area (Å²) in [5, 5.41) is 12.0. The molecule has 1 aromatic heterocycles. The molecule has 3 heterocycles. The van der Waals surface area contributed by atoms with Crippen LogP contribution in [0.2, 0.25) is 0 Å². The Hall–Kier alpha value is -2.29. The van der Waals surface area contributed by atoms with E-state index in [1.165, 1.54) is 11.3 Å². The zero-order chi connectivity index (χ0) is 20.4. The number of benzene rings is 1. The van der Waals surface area contributed by atoms with Crippen molar-refractivity contribution in [1.29, 1.82) is 0 Å². The molecule has 1 aromatic carbocycles. The van der Waals surface area contributed by atoms with E-state index < -0.39 is 0 Å². The highest BCUT2D eigenvalue weighted by Gasteiger charge is 2.23. The van der Waals surface area contributed by atoms with Crippen LogP contribution in [-0.4, -0.2) is 53.3 Å². The van der Waals surface area contributed by atoms with Gasteiger partial charge in [0, 0.05) is 49.3 Å². The molecule has 1 fully saturated rings. The lowest BCUT2D eigenvalue weighted by atomic mass is 10.2. The molecule has 0 spiro atoms. The maximum absolute atomic E-state index is 12.6. The lowest BCUT2D eigenvalue weighted by molar-refractivity contribution is -0.0707. The molecule has 154 valence electrons. The molecule has 1 amide bonds. The molecule has 8 heteroatoms. The molecule has 4 rings (SSSR count). The standard InChI is InChI=1S/C21H27N5O2S/c1-14-8-9-26(24-14)19-6-4-17(5-7-19)20(27)23-21-22-18(13-29-21)12-25-10-15(2)28-16(3)11-25/h4-7,13,15-16H,8-12H2,1-3H3,(H,22,23,27). The SMILES string of the molecule is CC1=NN(c2ccc(C(=O)Nc3nc(CN4CC(C)OC(C)C4)cs3)cc2)CC1. The molecule has 2 aliphatic rings. The van der Waals surface area contributed by atoms with Gasteiger partial charge < -0.3 is 4.74 Å². The van der Waals surface area contributed by atoms with Crippen molar-refractivity contribution in [1.82, 2.24) is 9.88 Å². The van der Waals surface area contributed by atoms with E-state index in [4.69, 9.17) is 4.74 Å². The molecule has 1 N–H and O–H groups in total. The highest BCUT2D eigenvalue weighted by molar-refractivity contribution is 7.14. The summed E-state index contributed by atoms with van der Waals surface area (Å²) in [5.41, 5.74) is 3.72. The zero-order valence-electron chi connectivity index (χ0n) is 17.1. The summed E-state index contributed by atoms with van der Waals surface area (Å²) in [7, 11) is 0. The van der Waals surface area contributed by atoms with Crippen molar-refractivity contribution < 1.29 is 9.53 Å². The Kier molecular flexibility index (Phi) is 5.94. The van der Waals surface area contributed by atoms with Gasteiger partial charge in [-0.1, -0.05) is 0 Å². The largest absolute Gasteiger partial charge is 0.373 e. The van der Waals surface area contributed by atoms with Crippen molar-refractivity contribution in [2.24, 2.45) is 5.10 Å². The molecule has 2 aromatic rings. The van der Waals surface area contributed by atoms with Gasteiger partial charge in [0.25, 0.3) is 5.91 Å². The number of nitrogens with one attached hydrogen (secondary N) is 1. The number of nitrogens with zero attached hydrogens (tertiary/aromatic N) is 4. The Balaban J connectivity index is 1.34. The normalized spacial score (nSPS) is 22.6. The average Bonchev–Trinajstić information content (AvgIpc) is 3.30. The van der Waals surface area contributed by atoms with Gasteiger partial charge in [-0.25, -0.2) is 4.98 Å². The maximum Gasteiger partial charge on any atom is 0.257 e. The highest BCUT2D eigenvalue weighted by atomic mass is 32.1. The van der Waals surface area contributed by atoms with Gasteiger partial charge in [0.1, 0.15) is 0 Å². The molecule has 0 aliphatic carbocycles. The van der Waals surface area contributed by atoms with E-state index in [0.29, 0.717) is 10.7 Å². The van der Waals surface area contributed by atoms with Crippen molar-refractivity contribution in [3.05, 3.63) is 40.9 Å². The van der Waals surface area contributed by atoms with Crippen molar-refractivity contribution >= 4 is 33.8 Å². The number of thiazole rings is 1. The molecule has 2 unspecified atom stereocenters. The van der Waals surface area contributed by atoms with Gasteiger partial charge in [0.05, 0.1) is 23.6 Å². The first-order chi connectivity index (χ1) is 14.0. The third-order valence-corrected chi connectivity index (χ3v) is 5.86. The van der Waals surface area contributed by atoms with Crippen LogP contribution < -0.4 is 10.3 Å². The molecule has 2 aliphatic heterocycles. The van der Waals surface area contributed by atoms with Crippen molar-refractivity contribution in [2.75, 3.05) is 30.0 Å². The van der Waals surface area contributed by atoms with Crippen LogP contribution >= 0.6 is 11.3 Å². The number of hydrogen-bond acceptors (Lipinski definition) is 7. The van der Waals surface area contributed by atoms with Crippen molar-refractivity contribution in [3.8, 4) is 0 Å². The number of hydrogen-bond donors (Lipinski definition) is 1. The number of aromatic nitrogens is 1. The minimum absolute atomic E-state index is 0.146.